The lowest BCUT2D eigenvalue weighted by Crippen LogP contribution is -2.05. The summed E-state index contributed by atoms with van der Waals surface area (Å²) in [6.07, 6.45) is 5.20. The lowest BCUT2D eigenvalue weighted by atomic mass is 10.2. The van der Waals surface area contributed by atoms with Gasteiger partial charge in [-0.15, -0.1) is 0 Å². The number of carbonyl (C=O) groups is 1. The lowest BCUT2D eigenvalue weighted by Gasteiger charge is -1.98. The minimum atomic E-state index is -0.517. The van der Waals surface area contributed by atoms with Crippen molar-refractivity contribution in [3.8, 4) is 0 Å². The van der Waals surface area contributed by atoms with Crippen molar-refractivity contribution in [2.24, 2.45) is 4.99 Å². The zero-order chi connectivity index (χ0) is 15.4. The van der Waals surface area contributed by atoms with Gasteiger partial charge in [-0.3, -0.25) is 0 Å². The van der Waals surface area contributed by atoms with Crippen molar-refractivity contribution in [3.05, 3.63) is 89.4 Å². The summed E-state index contributed by atoms with van der Waals surface area (Å²) < 4.78 is 18.0. The number of hydrogen-bond acceptors (Lipinski definition) is 3. The average molecular weight is 293 g/mol. The van der Waals surface area contributed by atoms with Crippen molar-refractivity contribution < 1.29 is 13.9 Å². The molecule has 2 aromatic rings. The maximum absolute atomic E-state index is 12.9. The van der Waals surface area contributed by atoms with E-state index in [4.69, 9.17) is 4.74 Å². The molecule has 1 aliphatic heterocycles. The SMILES string of the molecule is O=C1OC(c2ccc(F)cc2)=N/C1=C\C=C/c1ccccc1. The topological polar surface area (TPSA) is 38.7 Å². The van der Waals surface area contributed by atoms with Gasteiger partial charge in [-0.1, -0.05) is 42.5 Å². The molecule has 0 aliphatic carbocycles. The number of carbonyl (C=O) groups excluding carboxylic acids is 1. The van der Waals surface area contributed by atoms with Crippen LogP contribution in [0.1, 0.15) is 11.1 Å². The van der Waals surface area contributed by atoms with Crippen molar-refractivity contribution in [1.82, 2.24) is 0 Å². The lowest BCUT2D eigenvalue weighted by molar-refractivity contribution is -0.130. The monoisotopic (exact) mass is 293 g/mol. The molecule has 3 rings (SSSR count). The van der Waals surface area contributed by atoms with Crippen LogP contribution in [0.2, 0.25) is 0 Å². The van der Waals surface area contributed by atoms with E-state index >= 15 is 0 Å². The fraction of sp³-hybridized carbons (Fsp3) is 0. The number of hydrogen-bond donors (Lipinski definition) is 0. The predicted molar refractivity (Wildman–Crippen MR) is 82.6 cm³/mol. The third kappa shape index (κ3) is 3.17. The maximum atomic E-state index is 12.9. The Morgan fingerprint density at radius 2 is 1.73 bits per heavy atom. The van der Waals surface area contributed by atoms with Crippen LogP contribution in [0.4, 0.5) is 4.39 Å². The molecule has 2 aromatic carbocycles. The zero-order valence-corrected chi connectivity index (χ0v) is 11.6. The number of esters is 1. The first-order valence-corrected chi connectivity index (χ1v) is 6.72. The largest absolute Gasteiger partial charge is 0.402 e. The van der Waals surface area contributed by atoms with Crippen molar-refractivity contribution in [2.45, 2.75) is 0 Å². The van der Waals surface area contributed by atoms with Crippen molar-refractivity contribution in [1.29, 1.82) is 0 Å². The summed E-state index contributed by atoms with van der Waals surface area (Å²) in [6, 6.07) is 15.3. The summed E-state index contributed by atoms with van der Waals surface area (Å²) in [6.45, 7) is 0. The normalized spacial score (nSPS) is 16.1. The van der Waals surface area contributed by atoms with Gasteiger partial charge in [-0.2, -0.15) is 0 Å². The molecule has 0 atom stereocenters. The summed E-state index contributed by atoms with van der Waals surface area (Å²) in [5, 5.41) is 0. The summed E-state index contributed by atoms with van der Waals surface area (Å²) >= 11 is 0. The Hall–Kier alpha value is -3.01. The molecule has 0 radical (unpaired) electrons. The Morgan fingerprint density at radius 1 is 1.00 bits per heavy atom. The van der Waals surface area contributed by atoms with Crippen LogP contribution in [-0.4, -0.2) is 11.9 Å². The van der Waals surface area contributed by atoms with Gasteiger partial charge in [0.25, 0.3) is 0 Å². The summed E-state index contributed by atoms with van der Waals surface area (Å²) in [5.74, 6) is -0.684. The van der Waals surface area contributed by atoms with E-state index < -0.39 is 5.97 Å². The van der Waals surface area contributed by atoms with E-state index in [-0.39, 0.29) is 17.4 Å². The molecule has 0 fully saturated rings. The van der Waals surface area contributed by atoms with E-state index in [9.17, 15) is 9.18 Å². The minimum absolute atomic E-state index is 0.185. The van der Waals surface area contributed by atoms with Crippen LogP contribution in [0.5, 0.6) is 0 Å². The van der Waals surface area contributed by atoms with Crippen LogP contribution in [0.25, 0.3) is 6.08 Å². The molecular formula is C18H12FNO2. The van der Waals surface area contributed by atoms with E-state index in [0.717, 1.165) is 5.56 Å². The molecule has 108 valence electrons. The highest BCUT2D eigenvalue weighted by molar-refractivity contribution is 6.11. The first-order chi connectivity index (χ1) is 10.7. The Labute approximate surface area is 127 Å². The standard InChI is InChI=1S/C18H12FNO2/c19-15-11-9-14(10-12-15)17-20-16(18(21)22-17)8-4-7-13-5-2-1-3-6-13/h1-12H/b7-4-,16-8-. The minimum Gasteiger partial charge on any atom is -0.402 e. The summed E-state index contributed by atoms with van der Waals surface area (Å²) in [4.78, 5) is 15.9. The predicted octanol–water partition coefficient (Wildman–Crippen LogP) is 3.73. The van der Waals surface area contributed by atoms with E-state index in [0.29, 0.717) is 5.56 Å². The van der Waals surface area contributed by atoms with E-state index in [1.165, 1.54) is 24.3 Å². The molecule has 0 bridgehead atoms. The van der Waals surface area contributed by atoms with Gasteiger partial charge < -0.3 is 4.74 Å². The van der Waals surface area contributed by atoms with Crippen molar-refractivity contribution >= 4 is 17.9 Å². The van der Waals surface area contributed by atoms with Crippen LogP contribution in [0.15, 0.2) is 77.4 Å². The Kier molecular flexibility index (Phi) is 3.92. The van der Waals surface area contributed by atoms with Crippen molar-refractivity contribution in [3.63, 3.8) is 0 Å². The zero-order valence-electron chi connectivity index (χ0n) is 11.6. The van der Waals surface area contributed by atoms with Crippen LogP contribution in [0, 0.1) is 5.82 Å². The molecule has 1 heterocycles. The molecule has 4 heteroatoms. The van der Waals surface area contributed by atoms with Crippen LogP contribution in [0.3, 0.4) is 0 Å². The van der Waals surface area contributed by atoms with E-state index in [2.05, 4.69) is 4.99 Å². The van der Waals surface area contributed by atoms with Gasteiger partial charge in [0.15, 0.2) is 5.70 Å². The van der Waals surface area contributed by atoms with Crippen LogP contribution in [-0.2, 0) is 9.53 Å². The molecule has 1 aliphatic rings. The number of benzene rings is 2. The third-order valence-corrected chi connectivity index (χ3v) is 3.05. The molecule has 0 amide bonds. The molecule has 22 heavy (non-hydrogen) atoms. The number of ether oxygens (including phenoxy) is 1. The molecular weight excluding hydrogens is 281 g/mol. The molecule has 0 spiro atoms. The number of allylic oxidation sites excluding steroid dienone is 2. The number of rotatable bonds is 3. The van der Waals surface area contributed by atoms with Gasteiger partial charge >= 0.3 is 5.97 Å². The summed E-state index contributed by atoms with van der Waals surface area (Å²) in [7, 11) is 0. The van der Waals surface area contributed by atoms with E-state index in [1.807, 2.05) is 36.4 Å². The van der Waals surface area contributed by atoms with Crippen LogP contribution >= 0.6 is 0 Å². The highest BCUT2D eigenvalue weighted by Gasteiger charge is 2.23. The van der Waals surface area contributed by atoms with Gasteiger partial charge in [0, 0.05) is 5.56 Å². The number of aliphatic imine (C=N–C) groups is 1. The first-order valence-electron chi connectivity index (χ1n) is 6.72. The second kappa shape index (κ2) is 6.18. The average Bonchev–Trinajstić information content (AvgIpc) is 2.90. The highest BCUT2D eigenvalue weighted by Crippen LogP contribution is 2.17. The molecule has 0 unspecified atom stereocenters. The Morgan fingerprint density at radius 3 is 2.45 bits per heavy atom. The van der Waals surface area contributed by atoms with Gasteiger partial charge in [0.05, 0.1) is 0 Å². The van der Waals surface area contributed by atoms with Gasteiger partial charge in [0.1, 0.15) is 5.82 Å². The fourth-order valence-electron chi connectivity index (χ4n) is 1.95. The quantitative estimate of drug-likeness (QED) is 0.639. The second-order valence-electron chi connectivity index (χ2n) is 4.64. The highest BCUT2D eigenvalue weighted by atomic mass is 19.1. The molecule has 3 nitrogen and oxygen atoms in total. The first kappa shape index (κ1) is 13.9. The Bertz CT molecular complexity index is 774. The smallest absolute Gasteiger partial charge is 0.363 e. The third-order valence-electron chi connectivity index (χ3n) is 3.05. The summed E-state index contributed by atoms with van der Waals surface area (Å²) in [5.41, 5.74) is 1.80. The Balaban J connectivity index is 1.79. The molecule has 0 saturated heterocycles. The van der Waals surface area contributed by atoms with Gasteiger partial charge in [-0.05, 0) is 35.9 Å². The number of halogens is 1. The molecule has 0 N–H and O–H groups in total. The molecule has 0 aromatic heterocycles. The van der Waals surface area contributed by atoms with Crippen LogP contribution < -0.4 is 0 Å². The maximum Gasteiger partial charge on any atom is 0.363 e. The van der Waals surface area contributed by atoms with E-state index in [1.54, 1.807) is 12.2 Å². The van der Waals surface area contributed by atoms with Gasteiger partial charge in [-0.25, -0.2) is 14.2 Å². The van der Waals surface area contributed by atoms with Crippen molar-refractivity contribution in [2.75, 3.05) is 0 Å². The fourth-order valence-corrected chi connectivity index (χ4v) is 1.95. The second-order valence-corrected chi connectivity index (χ2v) is 4.64. The number of nitrogens with zero attached hydrogens (tertiary/aromatic N) is 1. The molecule has 0 saturated carbocycles. The number of cyclic esters (lactones) is 1. The van der Waals surface area contributed by atoms with Gasteiger partial charge in [0.2, 0.25) is 5.90 Å².